The van der Waals surface area contributed by atoms with Gasteiger partial charge in [-0.1, -0.05) is 0 Å². The number of likely N-dealkylation sites (tertiary alicyclic amines) is 1. The second kappa shape index (κ2) is 8.51. The maximum atomic E-state index is 13.0. The Balaban J connectivity index is 1.18. The molecule has 3 fully saturated rings. The Bertz CT molecular complexity index is 1430. The number of carbonyl (C=O) groups is 1. The summed E-state index contributed by atoms with van der Waals surface area (Å²) in [6, 6.07) is 5.26. The number of nitrogen functional groups attached to an aromatic ring is 1. The van der Waals surface area contributed by atoms with E-state index in [9.17, 15) is 22.8 Å². The monoisotopic (exact) mass is 517 g/mol. The van der Waals surface area contributed by atoms with Crippen LogP contribution in [0.4, 0.5) is 18.9 Å². The number of pyridine rings is 1. The first-order chi connectivity index (χ1) is 17.6. The number of aromatic nitrogens is 3. The summed E-state index contributed by atoms with van der Waals surface area (Å²) in [4.78, 5) is 34.9. The van der Waals surface area contributed by atoms with Gasteiger partial charge in [0, 0.05) is 49.1 Å². The van der Waals surface area contributed by atoms with Gasteiger partial charge in [-0.05, 0) is 55.4 Å². The molecule has 12 heteroatoms. The van der Waals surface area contributed by atoms with Gasteiger partial charge in [-0.2, -0.15) is 0 Å². The third kappa shape index (κ3) is 4.22. The fourth-order valence-corrected chi connectivity index (χ4v) is 5.95. The van der Waals surface area contributed by atoms with Crippen molar-refractivity contribution >= 4 is 22.8 Å². The summed E-state index contributed by atoms with van der Waals surface area (Å²) in [5.41, 5.74) is 8.20. The van der Waals surface area contributed by atoms with E-state index in [0.717, 1.165) is 49.3 Å². The van der Waals surface area contributed by atoms with Gasteiger partial charge in [0.2, 0.25) is 0 Å². The molecule has 1 amide bonds. The molecule has 6 rings (SSSR count). The number of amides is 1. The summed E-state index contributed by atoms with van der Waals surface area (Å²) in [6.45, 7) is 2.23. The van der Waals surface area contributed by atoms with Crippen molar-refractivity contribution < 1.29 is 27.4 Å². The maximum absolute atomic E-state index is 13.0. The second-order valence-electron chi connectivity index (χ2n) is 10.1. The first-order valence-electron chi connectivity index (χ1n) is 12.3. The number of fused-ring (bicyclic) bond motifs is 2. The van der Waals surface area contributed by atoms with Gasteiger partial charge in [-0.15, -0.1) is 13.2 Å². The van der Waals surface area contributed by atoms with Crippen molar-refractivity contribution in [3.63, 3.8) is 0 Å². The first kappa shape index (κ1) is 23.8. The molecule has 3 aliphatic rings. The average Bonchev–Trinajstić information content (AvgIpc) is 3.52. The van der Waals surface area contributed by atoms with Crippen LogP contribution in [0, 0.1) is 5.92 Å². The van der Waals surface area contributed by atoms with E-state index in [0.29, 0.717) is 37.5 Å². The molecule has 4 heterocycles. The number of benzene rings is 1. The third-order valence-corrected chi connectivity index (χ3v) is 7.99. The number of ether oxygens (including phenoxy) is 2. The van der Waals surface area contributed by atoms with Gasteiger partial charge in [-0.3, -0.25) is 14.3 Å². The van der Waals surface area contributed by atoms with Crippen molar-refractivity contribution in [2.24, 2.45) is 5.92 Å². The summed E-state index contributed by atoms with van der Waals surface area (Å²) in [6.07, 6.45) is 0.125. The Kier molecular flexibility index (Phi) is 5.48. The molecule has 0 spiro atoms. The smallest absolute Gasteiger partial charge is 0.406 e. The molecule has 0 bridgehead atoms. The lowest BCUT2D eigenvalue weighted by atomic mass is 9.90. The van der Waals surface area contributed by atoms with Gasteiger partial charge in [0.05, 0.1) is 17.7 Å². The molecular formula is C25H26F3N5O4. The highest BCUT2D eigenvalue weighted by atomic mass is 19.4. The Hall–Kier alpha value is -3.54. The van der Waals surface area contributed by atoms with Gasteiger partial charge in [0.1, 0.15) is 5.75 Å². The molecule has 9 nitrogen and oxygen atoms in total. The van der Waals surface area contributed by atoms with Crippen LogP contribution in [-0.2, 0) is 10.2 Å². The van der Waals surface area contributed by atoms with Crippen LogP contribution in [0.1, 0.15) is 47.6 Å². The van der Waals surface area contributed by atoms with Crippen molar-refractivity contribution in [1.82, 2.24) is 19.4 Å². The zero-order valence-corrected chi connectivity index (χ0v) is 19.9. The van der Waals surface area contributed by atoms with E-state index in [1.165, 1.54) is 6.07 Å². The summed E-state index contributed by atoms with van der Waals surface area (Å²) >= 11 is 0. The number of aromatic amines is 1. The molecule has 2 unspecified atom stereocenters. The summed E-state index contributed by atoms with van der Waals surface area (Å²) in [5, 5.41) is 0. The number of anilines is 1. The van der Waals surface area contributed by atoms with Crippen LogP contribution in [0.15, 0.2) is 35.3 Å². The van der Waals surface area contributed by atoms with Gasteiger partial charge in [-0.25, -0.2) is 9.78 Å². The number of H-pyrrole nitrogens is 1. The van der Waals surface area contributed by atoms with Crippen LogP contribution in [0.3, 0.4) is 0 Å². The Morgan fingerprint density at radius 3 is 2.73 bits per heavy atom. The number of nitrogens with two attached hydrogens (primary N) is 1. The van der Waals surface area contributed by atoms with Crippen LogP contribution in [0.5, 0.6) is 5.75 Å². The van der Waals surface area contributed by atoms with E-state index < -0.39 is 12.1 Å². The van der Waals surface area contributed by atoms with Gasteiger partial charge in [0.25, 0.3) is 5.91 Å². The van der Waals surface area contributed by atoms with Crippen LogP contribution in [-0.4, -0.2) is 58.0 Å². The number of piperidine rings is 1. The Labute approximate surface area is 209 Å². The van der Waals surface area contributed by atoms with Gasteiger partial charge >= 0.3 is 12.1 Å². The summed E-state index contributed by atoms with van der Waals surface area (Å²) in [7, 11) is 0. The lowest BCUT2D eigenvalue weighted by Gasteiger charge is -2.33. The molecule has 2 aromatic heterocycles. The predicted octanol–water partition coefficient (Wildman–Crippen LogP) is 3.36. The standard InChI is InChI=1S/C25H26F3N5O4/c26-25(27,28)37-17-1-2-18(19(29)10-17)22(34)32-6-3-16(4-7-32)33-20-9-14(12-30-21(20)31-23(33)35)24-5-8-36-13-15(24)11-24/h1-2,9-10,12,15-16H,3-8,11,13,29H2,(H,30,31,35). The van der Waals surface area contributed by atoms with Crippen molar-refractivity contribution in [3.05, 3.63) is 52.1 Å². The second-order valence-corrected chi connectivity index (χ2v) is 10.1. The quantitative estimate of drug-likeness (QED) is 0.513. The predicted molar refractivity (Wildman–Crippen MR) is 127 cm³/mol. The number of imidazole rings is 1. The zero-order valence-electron chi connectivity index (χ0n) is 19.9. The Morgan fingerprint density at radius 1 is 1.24 bits per heavy atom. The van der Waals surface area contributed by atoms with E-state index in [-0.39, 0.29) is 34.3 Å². The van der Waals surface area contributed by atoms with Crippen molar-refractivity contribution in [2.45, 2.75) is 43.5 Å². The summed E-state index contributed by atoms with van der Waals surface area (Å²) < 4.78 is 48.6. The number of hydrogen-bond donors (Lipinski definition) is 2. The van der Waals surface area contributed by atoms with E-state index in [1.807, 2.05) is 6.20 Å². The number of hydrogen-bond acceptors (Lipinski definition) is 6. The highest BCUT2D eigenvalue weighted by Crippen LogP contribution is 2.58. The molecular weight excluding hydrogens is 491 g/mol. The number of carbonyl (C=O) groups excluding carboxylic acids is 1. The Morgan fingerprint density at radius 2 is 2.03 bits per heavy atom. The molecule has 2 atom stereocenters. The molecule has 1 aromatic carbocycles. The molecule has 2 saturated heterocycles. The highest BCUT2D eigenvalue weighted by Gasteiger charge is 2.56. The van der Waals surface area contributed by atoms with Crippen LogP contribution >= 0.6 is 0 Å². The number of nitrogens with zero attached hydrogens (tertiary/aromatic N) is 3. The van der Waals surface area contributed by atoms with Crippen molar-refractivity contribution in [1.29, 1.82) is 0 Å². The zero-order chi connectivity index (χ0) is 25.9. The van der Waals surface area contributed by atoms with E-state index in [1.54, 1.807) is 9.47 Å². The fraction of sp³-hybridized carbons (Fsp3) is 0.480. The highest BCUT2D eigenvalue weighted by molar-refractivity contribution is 5.99. The van der Waals surface area contributed by atoms with Gasteiger partial charge < -0.3 is 20.1 Å². The van der Waals surface area contributed by atoms with E-state index >= 15 is 0 Å². The number of alkyl halides is 3. The number of rotatable bonds is 4. The minimum Gasteiger partial charge on any atom is -0.406 e. The summed E-state index contributed by atoms with van der Waals surface area (Å²) in [5.74, 6) is -0.358. The molecule has 1 saturated carbocycles. The topological polar surface area (TPSA) is 115 Å². The van der Waals surface area contributed by atoms with Crippen LogP contribution < -0.4 is 16.2 Å². The molecule has 3 aromatic rings. The maximum Gasteiger partial charge on any atom is 0.573 e. The fourth-order valence-electron chi connectivity index (χ4n) is 5.95. The van der Waals surface area contributed by atoms with Crippen LogP contribution in [0.2, 0.25) is 0 Å². The van der Waals surface area contributed by atoms with Gasteiger partial charge in [0.15, 0.2) is 5.65 Å². The minimum atomic E-state index is -4.85. The largest absolute Gasteiger partial charge is 0.573 e. The lowest BCUT2D eigenvalue weighted by Crippen LogP contribution is -2.40. The van der Waals surface area contributed by atoms with Crippen LogP contribution in [0.25, 0.3) is 11.2 Å². The normalized spacial score (nSPS) is 24.2. The SMILES string of the molecule is Nc1cc(OC(F)(F)F)ccc1C(=O)N1CCC(n2c(=O)[nH]c3ncc(C45CCOCC4C5)cc32)CC1. The first-order valence-corrected chi connectivity index (χ1v) is 12.3. The average molecular weight is 518 g/mol. The van der Waals surface area contributed by atoms with Crippen molar-refractivity contribution in [2.75, 3.05) is 32.0 Å². The number of nitrogens with one attached hydrogen (secondary N) is 1. The molecule has 3 N–H and O–H groups in total. The number of halogens is 3. The van der Waals surface area contributed by atoms with E-state index in [4.69, 9.17) is 10.5 Å². The minimum absolute atomic E-state index is 0.0913. The van der Waals surface area contributed by atoms with E-state index in [2.05, 4.69) is 20.8 Å². The molecule has 37 heavy (non-hydrogen) atoms. The lowest BCUT2D eigenvalue weighted by molar-refractivity contribution is -0.274. The molecule has 1 aliphatic carbocycles. The molecule has 196 valence electrons. The molecule has 2 aliphatic heterocycles. The third-order valence-electron chi connectivity index (χ3n) is 7.99. The van der Waals surface area contributed by atoms with Crippen molar-refractivity contribution in [3.8, 4) is 5.75 Å². The molecule has 0 radical (unpaired) electrons.